The van der Waals surface area contributed by atoms with Gasteiger partial charge >= 0.3 is 6.18 Å². The largest absolute Gasteiger partial charge is 0.390 e. The molecule has 120 valence electrons. The van der Waals surface area contributed by atoms with Crippen LogP contribution < -0.4 is 5.73 Å². The van der Waals surface area contributed by atoms with Crippen molar-refractivity contribution in [2.24, 2.45) is 29.4 Å². The molecule has 3 saturated carbocycles. The lowest BCUT2D eigenvalue weighted by Crippen LogP contribution is -2.48. The Labute approximate surface area is 123 Å². The Balaban J connectivity index is 1.65. The molecule has 0 unspecified atom stereocenters. The molecule has 4 atom stereocenters. The normalized spacial score (nSPS) is 35.2. The number of carbonyl (C=O) groups excluding carboxylic acids is 1. The average molecular weight is 304 g/mol. The van der Waals surface area contributed by atoms with Crippen molar-refractivity contribution >= 4 is 5.91 Å². The molecule has 6 heteroatoms. The van der Waals surface area contributed by atoms with Gasteiger partial charge in [0.25, 0.3) is 0 Å². The topological polar surface area (TPSA) is 46.3 Å². The molecule has 0 saturated heterocycles. The zero-order chi connectivity index (χ0) is 15.2. The number of halogens is 3. The van der Waals surface area contributed by atoms with Gasteiger partial charge in [-0.15, -0.1) is 0 Å². The fraction of sp³-hybridized carbons (Fsp3) is 0.933. The van der Waals surface area contributed by atoms with Gasteiger partial charge < -0.3 is 10.6 Å². The minimum absolute atomic E-state index is 0.120. The van der Waals surface area contributed by atoms with E-state index in [0.29, 0.717) is 24.3 Å². The number of hydrogen-bond donors (Lipinski definition) is 1. The summed E-state index contributed by atoms with van der Waals surface area (Å²) in [5.74, 6) is 0.734. The Morgan fingerprint density at radius 1 is 1.14 bits per heavy atom. The maximum absolute atomic E-state index is 12.7. The van der Waals surface area contributed by atoms with Gasteiger partial charge in [0.05, 0.1) is 12.3 Å². The van der Waals surface area contributed by atoms with Gasteiger partial charge in [-0.3, -0.25) is 4.79 Å². The highest BCUT2D eigenvalue weighted by Gasteiger charge is 2.50. The summed E-state index contributed by atoms with van der Waals surface area (Å²) >= 11 is 0. The van der Waals surface area contributed by atoms with E-state index in [1.807, 2.05) is 0 Å². The van der Waals surface area contributed by atoms with Crippen LogP contribution in [0.4, 0.5) is 13.2 Å². The van der Waals surface area contributed by atoms with Crippen molar-refractivity contribution in [1.82, 2.24) is 4.90 Å². The Kier molecular flexibility index (Phi) is 3.93. The molecule has 0 aromatic heterocycles. The first-order chi connectivity index (χ1) is 9.85. The second-order valence-electron chi connectivity index (χ2n) is 7.03. The van der Waals surface area contributed by atoms with Gasteiger partial charge in [-0.05, 0) is 49.9 Å². The third kappa shape index (κ3) is 3.35. The fourth-order valence-corrected chi connectivity index (χ4v) is 4.08. The van der Waals surface area contributed by atoms with E-state index in [1.54, 1.807) is 0 Å². The van der Waals surface area contributed by atoms with Crippen LogP contribution in [0.2, 0.25) is 0 Å². The lowest BCUT2D eigenvalue weighted by Gasteiger charge is -2.33. The van der Waals surface area contributed by atoms with Gasteiger partial charge in [-0.1, -0.05) is 0 Å². The van der Waals surface area contributed by atoms with Gasteiger partial charge in [-0.2, -0.15) is 13.2 Å². The third-order valence-corrected chi connectivity index (χ3v) is 5.42. The molecule has 3 fully saturated rings. The maximum Gasteiger partial charge on any atom is 0.390 e. The molecule has 1 amide bonds. The lowest BCUT2D eigenvalue weighted by molar-refractivity contribution is -0.149. The highest BCUT2D eigenvalue weighted by molar-refractivity contribution is 5.80. The van der Waals surface area contributed by atoms with Crippen molar-refractivity contribution in [3.8, 4) is 0 Å². The van der Waals surface area contributed by atoms with Crippen LogP contribution in [0.15, 0.2) is 0 Å². The Morgan fingerprint density at radius 2 is 1.81 bits per heavy atom. The maximum atomic E-state index is 12.7. The van der Waals surface area contributed by atoms with E-state index < -0.39 is 12.6 Å². The molecule has 3 aliphatic carbocycles. The fourth-order valence-electron chi connectivity index (χ4n) is 4.08. The highest BCUT2D eigenvalue weighted by atomic mass is 19.4. The highest BCUT2D eigenvalue weighted by Crippen LogP contribution is 2.48. The van der Waals surface area contributed by atoms with E-state index in [9.17, 15) is 18.0 Å². The minimum atomic E-state index is -4.21. The van der Waals surface area contributed by atoms with Gasteiger partial charge in [0.1, 0.15) is 0 Å². The summed E-state index contributed by atoms with van der Waals surface area (Å²) in [7, 11) is 0. The number of nitrogens with two attached hydrogens (primary N) is 1. The van der Waals surface area contributed by atoms with Gasteiger partial charge in [0.2, 0.25) is 5.91 Å². The predicted molar refractivity (Wildman–Crippen MR) is 72.3 cm³/mol. The lowest BCUT2D eigenvalue weighted by atomic mass is 9.84. The second-order valence-corrected chi connectivity index (χ2v) is 7.03. The second kappa shape index (κ2) is 5.45. The summed E-state index contributed by atoms with van der Waals surface area (Å²) in [6.45, 7) is 0.273. The number of carbonyl (C=O) groups is 1. The van der Waals surface area contributed by atoms with Crippen LogP contribution in [0.1, 0.15) is 38.5 Å². The van der Waals surface area contributed by atoms with E-state index in [-0.39, 0.29) is 24.4 Å². The smallest absolute Gasteiger partial charge is 0.342 e. The summed E-state index contributed by atoms with van der Waals surface area (Å²) < 4.78 is 37.4. The predicted octanol–water partition coefficient (Wildman–Crippen LogP) is 2.55. The van der Waals surface area contributed by atoms with E-state index in [1.165, 1.54) is 4.90 Å². The van der Waals surface area contributed by atoms with Crippen molar-refractivity contribution in [3.05, 3.63) is 0 Å². The van der Waals surface area contributed by atoms with Crippen LogP contribution in [-0.4, -0.2) is 36.1 Å². The number of nitrogens with zero attached hydrogens (tertiary/aromatic N) is 1. The van der Waals surface area contributed by atoms with Crippen molar-refractivity contribution in [3.63, 3.8) is 0 Å². The number of rotatable bonds is 5. The molecule has 2 N–H and O–H groups in total. The monoisotopic (exact) mass is 304 g/mol. The van der Waals surface area contributed by atoms with E-state index in [0.717, 1.165) is 32.1 Å². The molecule has 0 spiro atoms. The van der Waals surface area contributed by atoms with Crippen molar-refractivity contribution in [2.45, 2.75) is 50.7 Å². The molecule has 3 aliphatic rings. The van der Waals surface area contributed by atoms with E-state index in [4.69, 9.17) is 5.73 Å². The first-order valence-electron chi connectivity index (χ1n) is 7.96. The average Bonchev–Trinajstić information content (AvgIpc) is 3.00. The van der Waals surface area contributed by atoms with Crippen LogP contribution in [0.5, 0.6) is 0 Å². The summed E-state index contributed by atoms with van der Waals surface area (Å²) in [5.41, 5.74) is 6.16. The molecular formula is C15H23F3N2O. The van der Waals surface area contributed by atoms with E-state index >= 15 is 0 Å². The van der Waals surface area contributed by atoms with Crippen LogP contribution >= 0.6 is 0 Å². The summed E-state index contributed by atoms with van der Waals surface area (Å²) in [4.78, 5) is 14.2. The van der Waals surface area contributed by atoms with Crippen LogP contribution in [-0.2, 0) is 4.79 Å². The standard InChI is InChI=1S/C15H23F3N2O/c16-15(17,18)5-6-20(8-9-1-2-9)14(21)12-10-3-4-11(7-10)13(12)19/h9-13H,1-8,19H2/t10-,11-,12-,13-/m0/s1. The van der Waals surface area contributed by atoms with Crippen molar-refractivity contribution in [1.29, 1.82) is 0 Å². The summed E-state index contributed by atoms with van der Waals surface area (Å²) in [6.07, 6.45) is -0.0161. The van der Waals surface area contributed by atoms with Gasteiger partial charge in [0, 0.05) is 19.1 Å². The molecule has 0 aliphatic heterocycles. The quantitative estimate of drug-likeness (QED) is 0.848. The van der Waals surface area contributed by atoms with Crippen molar-refractivity contribution in [2.75, 3.05) is 13.1 Å². The van der Waals surface area contributed by atoms with Gasteiger partial charge in [0.15, 0.2) is 0 Å². The zero-order valence-electron chi connectivity index (χ0n) is 12.1. The molecule has 3 rings (SSSR count). The van der Waals surface area contributed by atoms with Crippen LogP contribution in [0.25, 0.3) is 0 Å². The molecule has 0 radical (unpaired) electrons. The summed E-state index contributed by atoms with van der Waals surface area (Å²) in [6, 6.07) is -0.149. The Hall–Kier alpha value is -0.780. The first-order valence-corrected chi connectivity index (χ1v) is 7.96. The molecule has 0 heterocycles. The number of alkyl halides is 3. The number of fused-ring (bicyclic) bond motifs is 2. The molecule has 0 aromatic rings. The molecule has 3 nitrogen and oxygen atoms in total. The molecule has 21 heavy (non-hydrogen) atoms. The number of amides is 1. The van der Waals surface area contributed by atoms with E-state index in [2.05, 4.69) is 0 Å². The van der Waals surface area contributed by atoms with Crippen LogP contribution in [0.3, 0.4) is 0 Å². The molecule has 0 aromatic carbocycles. The molecular weight excluding hydrogens is 281 g/mol. The van der Waals surface area contributed by atoms with Gasteiger partial charge in [-0.25, -0.2) is 0 Å². The minimum Gasteiger partial charge on any atom is -0.342 e. The SMILES string of the molecule is N[C@H]1[C@H]2CC[C@@H](C2)[C@@H]1C(=O)N(CCC(F)(F)F)CC1CC1. The summed E-state index contributed by atoms with van der Waals surface area (Å²) in [5, 5.41) is 0. The first kappa shape index (κ1) is 15.1. The number of hydrogen-bond acceptors (Lipinski definition) is 2. The third-order valence-electron chi connectivity index (χ3n) is 5.42. The zero-order valence-corrected chi connectivity index (χ0v) is 12.1. The van der Waals surface area contributed by atoms with Crippen molar-refractivity contribution < 1.29 is 18.0 Å². The molecule has 2 bridgehead atoms. The Bertz CT molecular complexity index is 406. The van der Waals surface area contributed by atoms with Crippen LogP contribution in [0, 0.1) is 23.7 Å². The Morgan fingerprint density at radius 3 is 2.33 bits per heavy atom.